The smallest absolute Gasteiger partial charge is 0.343 e. The van der Waals surface area contributed by atoms with Crippen molar-refractivity contribution in [2.45, 2.75) is 0 Å². The van der Waals surface area contributed by atoms with E-state index in [1.54, 1.807) is 49.6 Å². The molecule has 3 rings (SSSR count). The molecular formula is C21H21NO7. The van der Waals surface area contributed by atoms with Crippen molar-refractivity contribution in [1.82, 2.24) is 0 Å². The Balaban J connectivity index is 1.60. The topological polar surface area (TPSA) is 92.3 Å². The molecule has 0 atom stereocenters. The van der Waals surface area contributed by atoms with Gasteiger partial charge in [-0.1, -0.05) is 0 Å². The van der Waals surface area contributed by atoms with Crippen LogP contribution in [0.4, 0.5) is 5.69 Å². The molecule has 8 nitrogen and oxygen atoms in total. The molecule has 0 saturated heterocycles. The molecule has 29 heavy (non-hydrogen) atoms. The maximum atomic E-state index is 12.2. The normalized spacial score (nSPS) is 12.3. The molecule has 0 aromatic heterocycles. The van der Waals surface area contributed by atoms with Gasteiger partial charge in [0.1, 0.15) is 19.0 Å². The summed E-state index contributed by atoms with van der Waals surface area (Å²) in [6, 6.07) is 10.2. The Morgan fingerprint density at radius 3 is 2.59 bits per heavy atom. The van der Waals surface area contributed by atoms with Crippen molar-refractivity contribution in [3.8, 4) is 23.0 Å². The highest BCUT2D eigenvalue weighted by molar-refractivity contribution is 6.02. The average Bonchev–Trinajstić information content (AvgIpc) is 2.76. The molecule has 152 valence electrons. The van der Waals surface area contributed by atoms with Crippen LogP contribution >= 0.6 is 0 Å². The lowest BCUT2D eigenvalue weighted by atomic mass is 10.1. The Hall–Kier alpha value is -3.68. The first-order valence-corrected chi connectivity index (χ1v) is 8.85. The van der Waals surface area contributed by atoms with Crippen LogP contribution in [0.3, 0.4) is 0 Å². The fourth-order valence-electron chi connectivity index (χ4n) is 2.58. The van der Waals surface area contributed by atoms with Crippen molar-refractivity contribution < 1.29 is 33.3 Å². The van der Waals surface area contributed by atoms with E-state index in [1.807, 2.05) is 0 Å². The summed E-state index contributed by atoms with van der Waals surface area (Å²) in [7, 11) is 2.84. The molecule has 1 heterocycles. The van der Waals surface area contributed by atoms with Gasteiger partial charge < -0.3 is 29.0 Å². The number of anilines is 1. The highest BCUT2D eigenvalue weighted by Crippen LogP contribution is 2.40. The predicted molar refractivity (Wildman–Crippen MR) is 106 cm³/mol. The van der Waals surface area contributed by atoms with Gasteiger partial charge in [0.05, 0.1) is 14.2 Å². The zero-order chi connectivity index (χ0) is 20.6. The third-order valence-corrected chi connectivity index (χ3v) is 3.98. The molecule has 8 heteroatoms. The van der Waals surface area contributed by atoms with Crippen LogP contribution in [0, 0.1) is 0 Å². The number of carbonyl (C=O) groups is 2. The van der Waals surface area contributed by atoms with Crippen molar-refractivity contribution >= 4 is 23.6 Å². The minimum atomic E-state index is -0.469. The van der Waals surface area contributed by atoms with E-state index in [9.17, 15) is 9.59 Å². The minimum absolute atomic E-state index is 0.177. The molecule has 2 aromatic carbocycles. The summed E-state index contributed by atoms with van der Waals surface area (Å²) < 4.78 is 26.2. The van der Waals surface area contributed by atoms with Crippen LogP contribution in [0.5, 0.6) is 23.0 Å². The lowest BCUT2D eigenvalue weighted by Crippen LogP contribution is -2.16. The molecule has 0 aliphatic carbocycles. The van der Waals surface area contributed by atoms with Gasteiger partial charge in [-0.2, -0.15) is 0 Å². The summed E-state index contributed by atoms with van der Waals surface area (Å²) in [5, 5.41) is 2.75. The monoisotopic (exact) mass is 399 g/mol. The molecule has 0 radical (unpaired) electrons. The van der Waals surface area contributed by atoms with Crippen molar-refractivity contribution in [1.29, 1.82) is 0 Å². The Labute approximate surface area is 168 Å². The van der Waals surface area contributed by atoms with Crippen LogP contribution in [0.2, 0.25) is 0 Å². The SMILES string of the molecule is COC(=O)COc1ccc(NC(=O)C=Cc2cc(OC)c3c(c2)OCCO3)cc1. The van der Waals surface area contributed by atoms with E-state index in [1.165, 1.54) is 13.2 Å². The van der Waals surface area contributed by atoms with Crippen molar-refractivity contribution in [2.75, 3.05) is 39.4 Å². The van der Waals surface area contributed by atoms with Crippen molar-refractivity contribution in [2.24, 2.45) is 0 Å². The van der Waals surface area contributed by atoms with Gasteiger partial charge >= 0.3 is 5.97 Å². The fourth-order valence-corrected chi connectivity index (χ4v) is 2.58. The van der Waals surface area contributed by atoms with E-state index >= 15 is 0 Å². The maximum absolute atomic E-state index is 12.2. The second kappa shape index (κ2) is 9.50. The average molecular weight is 399 g/mol. The number of hydrogen-bond acceptors (Lipinski definition) is 7. The third kappa shape index (κ3) is 5.41. The first-order chi connectivity index (χ1) is 14.1. The standard InChI is InChI=1S/C21H21NO7/c1-25-17-11-14(12-18-21(17)28-10-9-27-18)3-8-19(23)22-15-4-6-16(7-5-15)29-13-20(24)26-2/h3-8,11-12H,9-10,13H2,1-2H3,(H,22,23). The van der Waals surface area contributed by atoms with Gasteiger partial charge in [-0.3, -0.25) is 4.79 Å². The summed E-state index contributed by atoms with van der Waals surface area (Å²) in [6.45, 7) is 0.751. The molecule has 0 unspecified atom stereocenters. The summed E-state index contributed by atoms with van der Waals surface area (Å²) in [4.78, 5) is 23.3. The number of methoxy groups -OCH3 is 2. The number of ether oxygens (including phenoxy) is 5. The van der Waals surface area contributed by atoms with Gasteiger partial charge in [0.15, 0.2) is 18.1 Å². The number of nitrogens with one attached hydrogen (secondary N) is 1. The van der Waals surface area contributed by atoms with E-state index < -0.39 is 5.97 Å². The molecule has 1 N–H and O–H groups in total. The Kier molecular flexibility index (Phi) is 6.57. The zero-order valence-electron chi connectivity index (χ0n) is 16.1. The Morgan fingerprint density at radius 2 is 1.86 bits per heavy atom. The molecule has 0 spiro atoms. The molecule has 1 aliphatic rings. The van der Waals surface area contributed by atoms with Crippen LogP contribution in [-0.2, 0) is 14.3 Å². The summed E-state index contributed by atoms with van der Waals surface area (Å²) in [5.74, 6) is 1.41. The lowest BCUT2D eigenvalue weighted by molar-refractivity contribution is -0.142. The number of carbonyl (C=O) groups excluding carboxylic acids is 2. The first kappa shape index (κ1) is 20.1. The van der Waals surface area contributed by atoms with Crippen molar-refractivity contribution in [3.05, 3.63) is 48.0 Å². The van der Waals surface area contributed by atoms with Gasteiger partial charge in [-0.25, -0.2) is 4.79 Å². The molecular weight excluding hydrogens is 378 g/mol. The van der Waals surface area contributed by atoms with Gasteiger partial charge in [0, 0.05) is 11.8 Å². The molecule has 1 amide bonds. The highest BCUT2D eigenvalue weighted by atomic mass is 16.6. The van der Waals surface area contributed by atoms with Gasteiger partial charge in [0.25, 0.3) is 0 Å². The largest absolute Gasteiger partial charge is 0.493 e. The molecule has 0 bridgehead atoms. The van der Waals surface area contributed by atoms with Gasteiger partial charge in [-0.05, 0) is 48.0 Å². The molecule has 2 aromatic rings. The number of hydrogen-bond donors (Lipinski definition) is 1. The maximum Gasteiger partial charge on any atom is 0.343 e. The van der Waals surface area contributed by atoms with E-state index in [-0.39, 0.29) is 12.5 Å². The first-order valence-electron chi connectivity index (χ1n) is 8.85. The second-order valence-electron chi connectivity index (χ2n) is 5.96. The third-order valence-electron chi connectivity index (χ3n) is 3.98. The summed E-state index contributed by atoms with van der Waals surface area (Å²) in [5.41, 5.74) is 1.33. The van der Waals surface area contributed by atoms with E-state index in [4.69, 9.17) is 18.9 Å². The Morgan fingerprint density at radius 1 is 1.10 bits per heavy atom. The number of esters is 1. The van der Waals surface area contributed by atoms with E-state index in [0.29, 0.717) is 41.9 Å². The minimum Gasteiger partial charge on any atom is -0.493 e. The lowest BCUT2D eigenvalue weighted by Gasteiger charge is -2.20. The number of amides is 1. The van der Waals surface area contributed by atoms with Crippen molar-refractivity contribution in [3.63, 3.8) is 0 Å². The molecule has 0 fully saturated rings. The van der Waals surface area contributed by atoms with Crippen LogP contribution in [0.25, 0.3) is 6.08 Å². The van der Waals surface area contributed by atoms with Crippen LogP contribution in [0.1, 0.15) is 5.56 Å². The zero-order valence-corrected chi connectivity index (χ0v) is 16.1. The van der Waals surface area contributed by atoms with Gasteiger partial charge in [-0.15, -0.1) is 0 Å². The summed E-state index contributed by atoms with van der Waals surface area (Å²) in [6.07, 6.45) is 3.07. The summed E-state index contributed by atoms with van der Waals surface area (Å²) >= 11 is 0. The molecule has 1 aliphatic heterocycles. The predicted octanol–water partition coefficient (Wildman–Crippen LogP) is 2.67. The number of benzene rings is 2. The Bertz CT molecular complexity index is 889. The van der Waals surface area contributed by atoms with Crippen LogP contribution in [0.15, 0.2) is 42.5 Å². The quantitative estimate of drug-likeness (QED) is 0.565. The van der Waals surface area contributed by atoms with E-state index in [2.05, 4.69) is 10.1 Å². The fraction of sp³-hybridized carbons (Fsp3) is 0.238. The number of fused-ring (bicyclic) bond motifs is 1. The highest BCUT2D eigenvalue weighted by Gasteiger charge is 2.17. The molecule has 0 saturated carbocycles. The van der Waals surface area contributed by atoms with Crippen LogP contribution < -0.4 is 24.3 Å². The van der Waals surface area contributed by atoms with Gasteiger partial charge in [0.2, 0.25) is 11.7 Å². The van der Waals surface area contributed by atoms with Crippen LogP contribution in [-0.4, -0.2) is 45.9 Å². The second-order valence-corrected chi connectivity index (χ2v) is 5.96. The van der Waals surface area contributed by atoms with E-state index in [0.717, 1.165) is 5.56 Å². The number of rotatable bonds is 7.